The molecule has 0 aliphatic heterocycles. The van der Waals surface area contributed by atoms with Crippen LogP contribution in [0.1, 0.15) is 88.1 Å². The zero-order chi connectivity index (χ0) is 27.8. The maximum absolute atomic E-state index is 13.5. The molecule has 6 nitrogen and oxygen atoms in total. The molecule has 0 saturated heterocycles. The number of aryl methyl sites for hydroxylation is 1. The van der Waals surface area contributed by atoms with Gasteiger partial charge in [-0.25, -0.2) is 4.79 Å². The van der Waals surface area contributed by atoms with E-state index in [0.29, 0.717) is 24.3 Å². The number of carbonyl (C=O) groups excluding carboxylic acids is 4. The van der Waals surface area contributed by atoms with Gasteiger partial charge in [-0.05, 0) is 106 Å². The molecule has 0 spiro atoms. The Hall–Kier alpha value is -3.02. The minimum atomic E-state index is -1.20. The van der Waals surface area contributed by atoms with Crippen LogP contribution in [0.3, 0.4) is 0 Å². The first kappa shape index (κ1) is 27.5. The Morgan fingerprint density at radius 3 is 2.51 bits per heavy atom. The van der Waals surface area contributed by atoms with Gasteiger partial charge in [0.05, 0.1) is 6.61 Å². The first-order chi connectivity index (χ1) is 18.7. The normalized spacial score (nSPS) is 34.8. The van der Waals surface area contributed by atoms with Gasteiger partial charge < -0.3 is 9.47 Å². The predicted octanol–water partition coefficient (Wildman–Crippen LogP) is 6.61. The van der Waals surface area contributed by atoms with E-state index in [-0.39, 0.29) is 35.4 Å². The highest BCUT2D eigenvalue weighted by atomic mass is 16.7. The van der Waals surface area contributed by atoms with Crippen molar-refractivity contribution in [3.8, 4) is 0 Å². The molecule has 0 heterocycles. The molecule has 208 valence electrons. The number of fused-ring (bicyclic) bond motifs is 5. The largest absolute Gasteiger partial charge is 0.509 e. The van der Waals surface area contributed by atoms with Crippen molar-refractivity contribution in [2.45, 2.75) is 84.2 Å². The highest BCUT2D eigenvalue weighted by Crippen LogP contribution is 2.68. The van der Waals surface area contributed by atoms with Crippen LogP contribution < -0.4 is 0 Å². The Morgan fingerprint density at radius 2 is 1.82 bits per heavy atom. The summed E-state index contributed by atoms with van der Waals surface area (Å²) in [5.41, 5.74) is 1.20. The van der Waals surface area contributed by atoms with E-state index in [2.05, 4.69) is 19.1 Å². The van der Waals surface area contributed by atoms with Gasteiger partial charge in [0, 0.05) is 17.4 Å². The molecule has 4 aliphatic carbocycles. The summed E-state index contributed by atoms with van der Waals surface area (Å²) in [7, 11) is 0. The highest BCUT2D eigenvalue weighted by molar-refractivity contribution is 5.92. The Bertz CT molecular complexity index is 1210. The summed E-state index contributed by atoms with van der Waals surface area (Å²) in [4.78, 5) is 49.6. The molecular formula is C33H40O6. The molecule has 39 heavy (non-hydrogen) atoms. The predicted molar refractivity (Wildman–Crippen MR) is 147 cm³/mol. The van der Waals surface area contributed by atoms with Crippen LogP contribution in [0, 0.1) is 28.6 Å². The van der Waals surface area contributed by atoms with E-state index < -0.39 is 17.2 Å². The average molecular weight is 533 g/mol. The van der Waals surface area contributed by atoms with Gasteiger partial charge in [0.2, 0.25) is 0 Å². The van der Waals surface area contributed by atoms with E-state index in [0.717, 1.165) is 62.4 Å². The molecule has 0 N–H and O–H groups in total. The van der Waals surface area contributed by atoms with Crippen LogP contribution in [0.4, 0.5) is 4.79 Å². The van der Waals surface area contributed by atoms with Gasteiger partial charge in [-0.15, -0.1) is 0 Å². The summed E-state index contributed by atoms with van der Waals surface area (Å²) in [6, 6.07) is 7.64. The van der Waals surface area contributed by atoms with E-state index >= 15 is 0 Å². The first-order valence-electron chi connectivity index (χ1n) is 14.5. The van der Waals surface area contributed by atoms with Crippen molar-refractivity contribution in [2.75, 3.05) is 6.61 Å². The van der Waals surface area contributed by atoms with Gasteiger partial charge in [-0.2, -0.15) is 0 Å². The molecule has 0 radical (unpaired) electrons. The third kappa shape index (κ3) is 4.50. The lowest BCUT2D eigenvalue weighted by Gasteiger charge is -2.58. The van der Waals surface area contributed by atoms with Gasteiger partial charge in [-0.1, -0.05) is 43.3 Å². The fraction of sp³-hybridized carbons (Fsp3) is 0.576. The van der Waals surface area contributed by atoms with Gasteiger partial charge >= 0.3 is 6.16 Å². The molecule has 6 heteroatoms. The van der Waals surface area contributed by atoms with Gasteiger partial charge in [0.25, 0.3) is 0 Å². The lowest BCUT2D eigenvalue weighted by Crippen LogP contribution is -2.59. The maximum atomic E-state index is 13.5. The van der Waals surface area contributed by atoms with Crippen LogP contribution in [0.5, 0.6) is 0 Å². The highest BCUT2D eigenvalue weighted by Gasteiger charge is 2.69. The topological polar surface area (TPSA) is 86.7 Å². The molecular weight excluding hydrogens is 492 g/mol. The number of benzene rings is 1. The maximum Gasteiger partial charge on any atom is 0.509 e. The second kappa shape index (κ2) is 10.5. The molecule has 2 fully saturated rings. The van der Waals surface area contributed by atoms with Crippen LogP contribution in [0.25, 0.3) is 0 Å². The van der Waals surface area contributed by atoms with Gasteiger partial charge in [-0.3, -0.25) is 14.4 Å². The Morgan fingerprint density at radius 1 is 1.08 bits per heavy atom. The Labute approximate surface area is 231 Å². The van der Waals surface area contributed by atoms with E-state index in [4.69, 9.17) is 9.47 Å². The van der Waals surface area contributed by atoms with E-state index in [1.54, 1.807) is 13.8 Å². The number of carbonyl (C=O) groups is 4. The summed E-state index contributed by atoms with van der Waals surface area (Å²) in [6.45, 7) is 5.81. The first-order valence-corrected chi connectivity index (χ1v) is 14.5. The fourth-order valence-electron chi connectivity index (χ4n) is 8.74. The zero-order valence-electron chi connectivity index (χ0n) is 23.4. The fourth-order valence-corrected chi connectivity index (χ4v) is 8.74. The third-order valence-electron chi connectivity index (χ3n) is 10.6. The number of Topliss-reactive ketones (excluding diaryl/α,β-unsaturated/α-hetero) is 1. The van der Waals surface area contributed by atoms with Crippen LogP contribution in [0.15, 0.2) is 48.1 Å². The third-order valence-corrected chi connectivity index (χ3v) is 10.6. The Kier molecular flexibility index (Phi) is 7.43. The second-order valence-electron chi connectivity index (χ2n) is 12.2. The number of rotatable bonds is 8. The minimum Gasteiger partial charge on any atom is -0.435 e. The molecule has 1 aromatic rings. The van der Waals surface area contributed by atoms with Crippen molar-refractivity contribution in [1.82, 2.24) is 0 Å². The number of hydrogen-bond acceptors (Lipinski definition) is 6. The van der Waals surface area contributed by atoms with Crippen LogP contribution in [-0.2, 0) is 25.5 Å². The number of ketones is 2. The van der Waals surface area contributed by atoms with Crippen molar-refractivity contribution in [1.29, 1.82) is 0 Å². The lowest BCUT2D eigenvalue weighted by molar-refractivity contribution is -0.168. The summed E-state index contributed by atoms with van der Waals surface area (Å²) in [6.07, 6.45) is 13.3. The Balaban J connectivity index is 1.50. The van der Waals surface area contributed by atoms with E-state index in [9.17, 15) is 19.2 Å². The van der Waals surface area contributed by atoms with Crippen LogP contribution in [0.2, 0.25) is 0 Å². The van der Waals surface area contributed by atoms with Crippen LogP contribution >= 0.6 is 0 Å². The SMILES string of the molecule is CCOC(=O)O[C@@]1(C(C)=O)CCC2C3C=CC4=CC(=O)CC[C@@]4(C)[C@@H]3CC[C@@]21CCCc1ccc(C=O)cc1. The minimum absolute atomic E-state index is 0.0523. The molecule has 4 aliphatic rings. The number of allylic oxidation sites excluding steroid dienone is 4. The van der Waals surface area contributed by atoms with Crippen molar-refractivity contribution >= 4 is 24.0 Å². The monoisotopic (exact) mass is 532 g/mol. The second-order valence-corrected chi connectivity index (χ2v) is 12.2. The van der Waals surface area contributed by atoms with E-state index in [1.807, 2.05) is 30.3 Å². The smallest absolute Gasteiger partial charge is 0.435 e. The number of hydrogen-bond donors (Lipinski definition) is 0. The molecule has 6 atom stereocenters. The molecule has 1 aromatic carbocycles. The standard InChI is InChI=1S/C33H40O6/c1-4-38-30(37)39-33(22(2)35)19-15-29-27-12-11-25-20-26(36)13-17-31(25,3)28(27)14-18-32(29,33)16-5-6-23-7-9-24(21-34)10-8-23/h7-12,20-21,27-29H,4-6,13-19H2,1-3H3/t27?,28-,29?,31-,32+,33-/m1/s1. The van der Waals surface area contributed by atoms with Crippen molar-refractivity contribution in [3.63, 3.8) is 0 Å². The van der Waals surface area contributed by atoms with Crippen molar-refractivity contribution in [3.05, 3.63) is 59.2 Å². The molecule has 0 bridgehead atoms. The molecule has 5 rings (SSSR count). The van der Waals surface area contributed by atoms with Crippen molar-refractivity contribution in [2.24, 2.45) is 28.6 Å². The lowest BCUT2D eigenvalue weighted by atomic mass is 9.46. The van der Waals surface area contributed by atoms with Crippen molar-refractivity contribution < 1.29 is 28.7 Å². The summed E-state index contributed by atoms with van der Waals surface area (Å²) in [5, 5.41) is 0. The molecule has 0 aromatic heterocycles. The summed E-state index contributed by atoms with van der Waals surface area (Å²) < 4.78 is 11.3. The van der Waals surface area contributed by atoms with E-state index in [1.165, 1.54) is 0 Å². The average Bonchev–Trinajstić information content (AvgIpc) is 3.25. The van der Waals surface area contributed by atoms with Gasteiger partial charge in [0.15, 0.2) is 17.2 Å². The molecule has 0 amide bonds. The summed E-state index contributed by atoms with van der Waals surface area (Å²) >= 11 is 0. The zero-order valence-corrected chi connectivity index (χ0v) is 23.4. The van der Waals surface area contributed by atoms with Crippen LogP contribution in [-0.4, -0.2) is 36.2 Å². The quantitative estimate of drug-likeness (QED) is 0.277. The van der Waals surface area contributed by atoms with Gasteiger partial charge in [0.1, 0.15) is 6.29 Å². The molecule has 2 unspecified atom stereocenters. The number of ether oxygens (including phenoxy) is 2. The molecule has 2 saturated carbocycles. The number of aldehydes is 1. The summed E-state index contributed by atoms with van der Waals surface area (Å²) in [5.74, 6) is 0.950.